The van der Waals surface area contributed by atoms with Crippen molar-refractivity contribution in [3.05, 3.63) is 50.0 Å². The van der Waals surface area contributed by atoms with Gasteiger partial charge in [0.2, 0.25) is 0 Å². The quantitative estimate of drug-likeness (QED) is 0.717. The molecule has 0 atom stereocenters. The standard InChI is InChI=1S/C11H6BrCl3N2/c12-6-2-1-3-7(4-6)16-11-9(14)5-8(13)10(15)17-11/h1-5H,(H,16,17). The van der Waals surface area contributed by atoms with Crippen LogP contribution in [-0.4, -0.2) is 4.98 Å². The molecule has 0 fully saturated rings. The lowest BCUT2D eigenvalue weighted by atomic mass is 10.3. The summed E-state index contributed by atoms with van der Waals surface area (Å²) < 4.78 is 0.957. The zero-order chi connectivity index (χ0) is 12.4. The average Bonchev–Trinajstić information content (AvgIpc) is 2.26. The molecule has 0 unspecified atom stereocenters. The Bertz CT molecular complexity index is 560. The summed E-state index contributed by atoms with van der Waals surface area (Å²) in [7, 11) is 0. The highest BCUT2D eigenvalue weighted by Crippen LogP contribution is 2.31. The van der Waals surface area contributed by atoms with Crippen molar-refractivity contribution >= 4 is 62.2 Å². The molecule has 1 aromatic carbocycles. The minimum absolute atomic E-state index is 0.216. The molecule has 0 spiro atoms. The van der Waals surface area contributed by atoms with Crippen LogP contribution in [0.5, 0.6) is 0 Å². The van der Waals surface area contributed by atoms with Crippen LogP contribution in [0.4, 0.5) is 11.5 Å². The Hall–Kier alpha value is -0.480. The summed E-state index contributed by atoms with van der Waals surface area (Å²) in [6.07, 6.45) is 0. The van der Waals surface area contributed by atoms with Gasteiger partial charge < -0.3 is 5.32 Å². The predicted octanol–water partition coefficient (Wildman–Crippen LogP) is 5.55. The van der Waals surface area contributed by atoms with E-state index in [1.54, 1.807) is 6.07 Å². The molecule has 6 heteroatoms. The predicted molar refractivity (Wildman–Crippen MR) is 76.7 cm³/mol. The summed E-state index contributed by atoms with van der Waals surface area (Å²) in [6, 6.07) is 9.18. The Kier molecular flexibility index (Phi) is 4.15. The van der Waals surface area contributed by atoms with Crippen molar-refractivity contribution < 1.29 is 0 Å². The molecular weight excluding hydrogens is 346 g/mol. The summed E-state index contributed by atoms with van der Waals surface area (Å²) in [6.45, 7) is 0. The Morgan fingerprint density at radius 2 is 1.82 bits per heavy atom. The van der Waals surface area contributed by atoms with Gasteiger partial charge in [0.05, 0.1) is 10.0 Å². The van der Waals surface area contributed by atoms with E-state index in [4.69, 9.17) is 34.8 Å². The van der Waals surface area contributed by atoms with Crippen LogP contribution in [0.3, 0.4) is 0 Å². The van der Waals surface area contributed by atoms with Gasteiger partial charge in [-0.15, -0.1) is 0 Å². The van der Waals surface area contributed by atoms with Crippen LogP contribution in [-0.2, 0) is 0 Å². The van der Waals surface area contributed by atoms with Gasteiger partial charge in [-0.2, -0.15) is 0 Å². The van der Waals surface area contributed by atoms with Gasteiger partial charge >= 0.3 is 0 Å². The molecule has 1 heterocycles. The number of hydrogen-bond donors (Lipinski definition) is 1. The second-order valence-corrected chi connectivity index (χ2v) is 5.31. The molecule has 0 saturated carbocycles. The smallest absolute Gasteiger partial charge is 0.151 e. The topological polar surface area (TPSA) is 24.9 Å². The molecule has 88 valence electrons. The van der Waals surface area contributed by atoms with Crippen LogP contribution < -0.4 is 5.32 Å². The normalized spacial score (nSPS) is 10.4. The Morgan fingerprint density at radius 1 is 1.06 bits per heavy atom. The van der Waals surface area contributed by atoms with Gasteiger partial charge in [0.1, 0.15) is 5.15 Å². The summed E-state index contributed by atoms with van der Waals surface area (Å²) in [4.78, 5) is 4.07. The number of nitrogens with zero attached hydrogens (tertiary/aromatic N) is 1. The minimum atomic E-state index is 0.216. The molecular formula is C11H6BrCl3N2. The molecule has 0 saturated heterocycles. The van der Waals surface area contributed by atoms with Gasteiger partial charge in [-0.1, -0.05) is 56.8 Å². The van der Waals surface area contributed by atoms with Crippen molar-refractivity contribution in [2.75, 3.05) is 5.32 Å². The van der Waals surface area contributed by atoms with E-state index in [0.717, 1.165) is 10.2 Å². The number of aromatic nitrogens is 1. The summed E-state index contributed by atoms with van der Waals surface area (Å²) >= 11 is 21.0. The Balaban J connectivity index is 2.33. The molecule has 0 aliphatic carbocycles. The second-order valence-electron chi connectivity index (χ2n) is 3.23. The van der Waals surface area contributed by atoms with E-state index in [1.807, 2.05) is 24.3 Å². The molecule has 2 rings (SSSR count). The third-order valence-corrected chi connectivity index (χ3v) is 3.43. The first-order chi connectivity index (χ1) is 8.06. The van der Waals surface area contributed by atoms with E-state index in [9.17, 15) is 0 Å². The van der Waals surface area contributed by atoms with Gasteiger partial charge in [0.25, 0.3) is 0 Å². The molecule has 17 heavy (non-hydrogen) atoms. The maximum Gasteiger partial charge on any atom is 0.151 e. The van der Waals surface area contributed by atoms with Crippen LogP contribution in [0.15, 0.2) is 34.8 Å². The average molecular weight is 352 g/mol. The first-order valence-corrected chi connectivity index (χ1v) is 6.53. The molecule has 1 aromatic heterocycles. The van der Waals surface area contributed by atoms with Crippen molar-refractivity contribution in [1.29, 1.82) is 0 Å². The number of hydrogen-bond acceptors (Lipinski definition) is 2. The van der Waals surface area contributed by atoms with E-state index in [-0.39, 0.29) is 5.15 Å². The first kappa shape index (κ1) is 13.0. The van der Waals surface area contributed by atoms with E-state index in [2.05, 4.69) is 26.2 Å². The van der Waals surface area contributed by atoms with Gasteiger partial charge in [0.15, 0.2) is 5.82 Å². The van der Waals surface area contributed by atoms with Crippen LogP contribution in [0.2, 0.25) is 15.2 Å². The number of pyridine rings is 1. The third kappa shape index (κ3) is 3.26. The van der Waals surface area contributed by atoms with E-state index < -0.39 is 0 Å². The fourth-order valence-electron chi connectivity index (χ4n) is 1.23. The first-order valence-electron chi connectivity index (χ1n) is 4.60. The van der Waals surface area contributed by atoms with E-state index >= 15 is 0 Å². The molecule has 2 aromatic rings. The largest absolute Gasteiger partial charge is 0.339 e. The molecule has 0 aliphatic heterocycles. The van der Waals surface area contributed by atoms with E-state index in [1.165, 1.54) is 0 Å². The van der Waals surface area contributed by atoms with Crippen LogP contribution in [0.25, 0.3) is 0 Å². The molecule has 0 bridgehead atoms. The van der Waals surface area contributed by atoms with Crippen molar-refractivity contribution in [2.45, 2.75) is 0 Å². The Morgan fingerprint density at radius 3 is 2.53 bits per heavy atom. The highest BCUT2D eigenvalue weighted by molar-refractivity contribution is 9.10. The summed E-state index contributed by atoms with van der Waals surface area (Å²) in [5.41, 5.74) is 0.854. The lowest BCUT2D eigenvalue weighted by Gasteiger charge is -2.08. The highest BCUT2D eigenvalue weighted by atomic mass is 79.9. The lowest BCUT2D eigenvalue weighted by molar-refractivity contribution is 1.31. The van der Waals surface area contributed by atoms with Gasteiger partial charge in [-0.25, -0.2) is 4.98 Å². The number of benzene rings is 1. The number of nitrogens with one attached hydrogen (secondary N) is 1. The molecule has 0 amide bonds. The maximum atomic E-state index is 6.01. The van der Waals surface area contributed by atoms with Gasteiger partial charge in [0, 0.05) is 10.2 Å². The summed E-state index contributed by atoms with van der Waals surface area (Å²) in [5.74, 6) is 0.471. The summed E-state index contributed by atoms with van der Waals surface area (Å²) in [5, 5.41) is 4.03. The van der Waals surface area contributed by atoms with Crippen molar-refractivity contribution in [2.24, 2.45) is 0 Å². The monoisotopic (exact) mass is 350 g/mol. The van der Waals surface area contributed by atoms with E-state index in [0.29, 0.717) is 15.9 Å². The third-order valence-electron chi connectivity index (χ3n) is 1.97. The molecule has 1 N–H and O–H groups in total. The highest BCUT2D eigenvalue weighted by Gasteiger charge is 2.08. The molecule has 0 radical (unpaired) electrons. The fraction of sp³-hybridized carbons (Fsp3) is 0. The zero-order valence-electron chi connectivity index (χ0n) is 8.35. The SMILES string of the molecule is Clc1cc(Cl)c(Nc2cccc(Br)c2)nc1Cl. The number of rotatable bonds is 2. The fourth-order valence-corrected chi connectivity index (χ4v) is 2.18. The van der Waals surface area contributed by atoms with Crippen molar-refractivity contribution in [3.8, 4) is 0 Å². The van der Waals surface area contributed by atoms with Crippen LogP contribution in [0, 0.1) is 0 Å². The van der Waals surface area contributed by atoms with Crippen LogP contribution in [0.1, 0.15) is 0 Å². The second kappa shape index (κ2) is 5.44. The van der Waals surface area contributed by atoms with Gasteiger partial charge in [-0.05, 0) is 24.3 Å². The van der Waals surface area contributed by atoms with Crippen LogP contribution >= 0.6 is 50.7 Å². The van der Waals surface area contributed by atoms with Crippen molar-refractivity contribution in [1.82, 2.24) is 4.98 Å². The Labute approximate surface area is 122 Å². The molecule has 2 nitrogen and oxygen atoms in total. The zero-order valence-corrected chi connectivity index (χ0v) is 12.2. The number of halogens is 4. The minimum Gasteiger partial charge on any atom is -0.339 e. The lowest BCUT2D eigenvalue weighted by Crippen LogP contribution is -1.95. The molecule has 0 aliphatic rings. The van der Waals surface area contributed by atoms with Gasteiger partial charge in [-0.3, -0.25) is 0 Å². The maximum absolute atomic E-state index is 6.01. The number of anilines is 2. The van der Waals surface area contributed by atoms with Crippen molar-refractivity contribution in [3.63, 3.8) is 0 Å².